The maximum Gasteiger partial charge on any atom is 0.217 e. The van der Waals surface area contributed by atoms with Gasteiger partial charge in [-0.2, -0.15) is 0 Å². The van der Waals surface area contributed by atoms with E-state index in [0.29, 0.717) is 16.0 Å². The van der Waals surface area contributed by atoms with E-state index in [2.05, 4.69) is 10.2 Å². The second kappa shape index (κ2) is 2.29. The van der Waals surface area contributed by atoms with Crippen molar-refractivity contribution in [3.05, 3.63) is 30.1 Å². The molecule has 3 rings (SSSR count). The van der Waals surface area contributed by atoms with Crippen LogP contribution in [-0.4, -0.2) is 14.6 Å². The van der Waals surface area contributed by atoms with Gasteiger partial charge in [-0.1, -0.05) is 23.5 Å². The van der Waals surface area contributed by atoms with E-state index in [1.807, 2.05) is 6.07 Å². The highest BCUT2D eigenvalue weighted by Gasteiger charge is 2.06. The van der Waals surface area contributed by atoms with Gasteiger partial charge >= 0.3 is 0 Å². The highest BCUT2D eigenvalue weighted by molar-refractivity contribution is 7.23. The minimum absolute atomic E-state index is 0.344. The summed E-state index contributed by atoms with van der Waals surface area (Å²) in [4.78, 5) is 0.715. The molecule has 2 heterocycles. The van der Waals surface area contributed by atoms with Crippen LogP contribution in [0.1, 0.15) is 9.68 Å². The third-order valence-corrected chi connectivity index (χ3v) is 2.97. The Hall–Kier alpha value is -1.42. The van der Waals surface area contributed by atoms with E-state index in [0.717, 1.165) is 4.70 Å². The molecule has 2 aromatic heterocycles. The van der Waals surface area contributed by atoms with E-state index in [-0.39, 0.29) is 0 Å². The summed E-state index contributed by atoms with van der Waals surface area (Å²) in [6, 6.07) is 5.28. The average Bonchev–Trinajstić information content (AvgIpc) is 2.73. The molecular formula is C9H7N3S. The van der Waals surface area contributed by atoms with Crippen molar-refractivity contribution in [1.82, 2.24) is 14.6 Å². The number of benzene rings is 1. The van der Waals surface area contributed by atoms with Gasteiger partial charge in [0, 0.05) is 4.11 Å². The number of nitrogens with zero attached hydrogens (tertiary/aromatic N) is 3. The van der Waals surface area contributed by atoms with Gasteiger partial charge in [0.05, 0.1) is 10.2 Å². The standard InChI is InChI=1S/C9H7N3S/c1-6-3-2-4-7-8(6)12-5-10-11-9(12)13-7/h2-5H,1H3/i1D3. The van der Waals surface area contributed by atoms with Crippen LogP contribution in [0.3, 0.4) is 0 Å². The normalized spacial score (nSPS) is 15.8. The summed E-state index contributed by atoms with van der Waals surface area (Å²) in [5, 5.41) is 7.70. The van der Waals surface area contributed by atoms with Gasteiger partial charge in [-0.25, -0.2) is 0 Å². The SMILES string of the molecule is [2H]C([2H])([2H])c1cccc2sc3nncn3c12. The molecule has 0 unspecified atom stereocenters. The molecule has 0 saturated carbocycles. The molecule has 0 bridgehead atoms. The molecular weight excluding hydrogens is 182 g/mol. The van der Waals surface area contributed by atoms with Crippen LogP contribution in [-0.2, 0) is 0 Å². The van der Waals surface area contributed by atoms with Crippen molar-refractivity contribution in [2.24, 2.45) is 0 Å². The van der Waals surface area contributed by atoms with E-state index < -0.39 is 6.85 Å². The van der Waals surface area contributed by atoms with E-state index >= 15 is 0 Å². The largest absolute Gasteiger partial charge is 0.272 e. The van der Waals surface area contributed by atoms with Crippen molar-refractivity contribution in [2.45, 2.75) is 6.85 Å². The Morgan fingerprint density at radius 3 is 3.46 bits per heavy atom. The molecule has 0 aliphatic heterocycles. The van der Waals surface area contributed by atoms with Crippen LogP contribution in [0.5, 0.6) is 0 Å². The molecule has 0 radical (unpaired) electrons. The molecule has 3 aromatic rings. The molecule has 0 spiro atoms. The molecule has 1 aromatic carbocycles. The highest BCUT2D eigenvalue weighted by atomic mass is 32.1. The lowest BCUT2D eigenvalue weighted by Crippen LogP contribution is -1.80. The first-order valence-corrected chi connectivity index (χ1v) is 4.61. The summed E-state index contributed by atoms with van der Waals surface area (Å²) >= 11 is 1.44. The zero-order chi connectivity index (χ0) is 11.3. The molecule has 0 aliphatic rings. The van der Waals surface area contributed by atoms with Gasteiger partial charge in [-0.05, 0) is 18.5 Å². The fourth-order valence-electron chi connectivity index (χ4n) is 1.40. The highest BCUT2D eigenvalue weighted by Crippen LogP contribution is 2.26. The molecule has 64 valence electrons. The van der Waals surface area contributed by atoms with E-state index in [1.165, 1.54) is 11.3 Å². The summed E-state index contributed by atoms with van der Waals surface area (Å²) < 4.78 is 25.2. The quantitative estimate of drug-likeness (QED) is 0.547. The van der Waals surface area contributed by atoms with Crippen molar-refractivity contribution >= 4 is 26.5 Å². The lowest BCUT2D eigenvalue weighted by Gasteiger charge is -1.94. The van der Waals surface area contributed by atoms with Gasteiger partial charge in [-0.15, -0.1) is 10.2 Å². The average molecular weight is 192 g/mol. The number of hydrogen-bond acceptors (Lipinski definition) is 3. The molecule has 0 aliphatic carbocycles. The Labute approximate surface area is 82.9 Å². The number of hydrogen-bond donors (Lipinski definition) is 0. The van der Waals surface area contributed by atoms with Gasteiger partial charge in [0.1, 0.15) is 6.33 Å². The molecule has 3 nitrogen and oxygen atoms in total. The van der Waals surface area contributed by atoms with Crippen LogP contribution in [0.25, 0.3) is 15.2 Å². The maximum absolute atomic E-state index is 7.51. The lowest BCUT2D eigenvalue weighted by atomic mass is 10.2. The predicted octanol–water partition coefficient (Wildman–Crippen LogP) is 2.25. The summed E-state index contributed by atoms with van der Waals surface area (Å²) in [5.41, 5.74) is 1.03. The van der Waals surface area contributed by atoms with Crippen molar-refractivity contribution in [3.63, 3.8) is 0 Å². The first-order chi connectivity index (χ1) is 7.57. The van der Waals surface area contributed by atoms with E-state index in [4.69, 9.17) is 4.11 Å². The third kappa shape index (κ3) is 0.833. The lowest BCUT2D eigenvalue weighted by molar-refractivity contribution is 1.11. The molecule has 0 saturated heterocycles. The Balaban J connectivity index is 2.52. The fourth-order valence-corrected chi connectivity index (χ4v) is 2.37. The molecule has 13 heavy (non-hydrogen) atoms. The van der Waals surface area contributed by atoms with Gasteiger partial charge < -0.3 is 0 Å². The number of para-hydroxylation sites is 1. The van der Waals surface area contributed by atoms with Crippen molar-refractivity contribution in [3.8, 4) is 0 Å². The van der Waals surface area contributed by atoms with E-state index in [9.17, 15) is 0 Å². The van der Waals surface area contributed by atoms with Crippen molar-refractivity contribution < 1.29 is 4.11 Å². The zero-order valence-electron chi connectivity index (χ0n) is 9.56. The minimum Gasteiger partial charge on any atom is -0.272 e. The van der Waals surface area contributed by atoms with E-state index in [1.54, 1.807) is 22.9 Å². The van der Waals surface area contributed by atoms with Crippen LogP contribution in [0, 0.1) is 6.85 Å². The minimum atomic E-state index is -2.11. The van der Waals surface area contributed by atoms with Crippen LogP contribution in [0.15, 0.2) is 24.5 Å². The second-order valence-corrected chi connectivity index (χ2v) is 3.75. The van der Waals surface area contributed by atoms with Crippen LogP contribution in [0.4, 0.5) is 0 Å². The third-order valence-electron chi connectivity index (χ3n) is 1.96. The number of thiazole rings is 1. The smallest absolute Gasteiger partial charge is 0.217 e. The van der Waals surface area contributed by atoms with Crippen molar-refractivity contribution in [2.75, 3.05) is 0 Å². The molecule has 0 atom stereocenters. The summed E-state index contributed by atoms with van der Waals surface area (Å²) in [6.07, 6.45) is 1.55. The Bertz CT molecular complexity index is 667. The summed E-state index contributed by atoms with van der Waals surface area (Å²) in [5.74, 6) is 0. The monoisotopic (exact) mass is 192 g/mol. The molecule has 0 amide bonds. The molecule has 0 fully saturated rings. The molecule has 0 N–H and O–H groups in total. The predicted molar refractivity (Wildman–Crippen MR) is 53.1 cm³/mol. The number of aromatic nitrogens is 3. The maximum atomic E-state index is 7.51. The van der Waals surface area contributed by atoms with Gasteiger partial charge in [-0.3, -0.25) is 4.40 Å². The van der Waals surface area contributed by atoms with Crippen molar-refractivity contribution in [1.29, 1.82) is 0 Å². The Kier molecular flexibility index (Phi) is 0.832. The summed E-state index contributed by atoms with van der Waals surface area (Å²) in [7, 11) is 0. The first kappa shape index (κ1) is 4.72. The fraction of sp³-hybridized carbons (Fsp3) is 0.111. The van der Waals surface area contributed by atoms with Crippen LogP contribution < -0.4 is 0 Å². The van der Waals surface area contributed by atoms with Gasteiger partial charge in [0.15, 0.2) is 0 Å². The molecule has 4 heteroatoms. The van der Waals surface area contributed by atoms with Gasteiger partial charge in [0.2, 0.25) is 4.96 Å². The van der Waals surface area contributed by atoms with Crippen LogP contribution >= 0.6 is 11.3 Å². The summed E-state index contributed by atoms with van der Waals surface area (Å²) in [6.45, 7) is -2.11. The van der Waals surface area contributed by atoms with Crippen LogP contribution in [0.2, 0.25) is 0 Å². The zero-order valence-corrected chi connectivity index (χ0v) is 7.38. The number of rotatable bonds is 0. The Morgan fingerprint density at radius 2 is 2.54 bits per heavy atom. The second-order valence-electron chi connectivity index (χ2n) is 2.74. The van der Waals surface area contributed by atoms with Gasteiger partial charge in [0.25, 0.3) is 0 Å². The Morgan fingerprint density at radius 1 is 1.54 bits per heavy atom. The number of fused-ring (bicyclic) bond motifs is 3. The first-order valence-electron chi connectivity index (χ1n) is 5.29. The topological polar surface area (TPSA) is 30.2 Å². The number of aryl methyl sites for hydroxylation is 1.